The molecule has 5 nitrogen and oxygen atoms in total. The molecule has 1 aliphatic heterocycles. The summed E-state index contributed by atoms with van der Waals surface area (Å²) >= 11 is 0. The van der Waals surface area contributed by atoms with E-state index < -0.39 is 23.4 Å². The maximum absolute atomic E-state index is 12.9. The number of halogens is 3. The fraction of sp³-hybridized carbons (Fsp3) is 0.533. The molecule has 8 heteroatoms. The van der Waals surface area contributed by atoms with Crippen LogP contribution in [0.15, 0.2) is 17.3 Å². The van der Waals surface area contributed by atoms with Crippen molar-refractivity contribution in [3.05, 3.63) is 33.7 Å². The maximum Gasteiger partial charge on any atom is 0.416 e. The van der Waals surface area contributed by atoms with Gasteiger partial charge in [0.05, 0.1) is 5.56 Å². The molecule has 0 fully saturated rings. The van der Waals surface area contributed by atoms with Gasteiger partial charge in [0.2, 0.25) is 0 Å². The predicted molar refractivity (Wildman–Crippen MR) is 77.2 cm³/mol. The molecule has 0 atom stereocenters. The lowest BCUT2D eigenvalue weighted by atomic mass is 9.95. The highest BCUT2D eigenvalue weighted by Crippen LogP contribution is 2.37. The van der Waals surface area contributed by atoms with E-state index in [1.807, 2.05) is 0 Å². The molecule has 0 spiro atoms. The number of ether oxygens (including phenoxy) is 1. The van der Waals surface area contributed by atoms with E-state index in [0.717, 1.165) is 12.1 Å². The average Bonchev–Trinajstić information content (AvgIpc) is 2.42. The van der Waals surface area contributed by atoms with Crippen molar-refractivity contribution in [2.45, 2.75) is 45.5 Å². The number of nitrogens with zero attached hydrogens (tertiary/aromatic N) is 2. The van der Waals surface area contributed by atoms with Gasteiger partial charge in [-0.15, -0.1) is 4.91 Å². The second-order valence-electron chi connectivity index (χ2n) is 6.37. The number of benzene rings is 1. The molecular formula is C15H17F3N2O3. The first-order valence-electron chi connectivity index (χ1n) is 7.05. The van der Waals surface area contributed by atoms with E-state index in [9.17, 15) is 22.9 Å². The lowest BCUT2D eigenvalue weighted by Crippen LogP contribution is -2.40. The molecule has 0 N–H and O–H groups in total. The minimum absolute atomic E-state index is 0.0450. The molecule has 0 saturated heterocycles. The van der Waals surface area contributed by atoms with Crippen LogP contribution < -0.4 is 0 Å². The van der Waals surface area contributed by atoms with Gasteiger partial charge in [-0.2, -0.15) is 13.2 Å². The van der Waals surface area contributed by atoms with Gasteiger partial charge in [0, 0.05) is 13.1 Å². The minimum Gasteiger partial charge on any atom is -0.444 e. The number of fused-ring (bicyclic) bond motifs is 1. The van der Waals surface area contributed by atoms with Gasteiger partial charge in [-0.3, -0.25) is 0 Å². The minimum atomic E-state index is -4.58. The zero-order valence-electron chi connectivity index (χ0n) is 13.0. The fourth-order valence-corrected chi connectivity index (χ4v) is 2.40. The van der Waals surface area contributed by atoms with Crippen LogP contribution in [0.25, 0.3) is 0 Å². The van der Waals surface area contributed by atoms with E-state index in [0.29, 0.717) is 5.56 Å². The third-order valence-corrected chi connectivity index (χ3v) is 3.39. The van der Waals surface area contributed by atoms with Crippen LogP contribution >= 0.6 is 0 Å². The number of alkyl halides is 3. The predicted octanol–water partition coefficient (Wildman–Crippen LogP) is 4.40. The summed E-state index contributed by atoms with van der Waals surface area (Å²) in [6.45, 7) is 5.34. The van der Waals surface area contributed by atoms with E-state index in [2.05, 4.69) is 5.18 Å². The largest absolute Gasteiger partial charge is 0.444 e. The molecule has 0 bridgehead atoms. The van der Waals surface area contributed by atoms with Crippen LogP contribution in [0.2, 0.25) is 0 Å². The Hall–Kier alpha value is -2.12. The Balaban J connectivity index is 2.32. The van der Waals surface area contributed by atoms with Crippen molar-refractivity contribution in [1.82, 2.24) is 4.90 Å². The number of carbonyl (C=O) groups is 1. The van der Waals surface area contributed by atoms with Gasteiger partial charge in [-0.25, -0.2) is 4.79 Å². The smallest absolute Gasteiger partial charge is 0.416 e. The Labute approximate surface area is 131 Å². The normalized spacial score (nSPS) is 15.1. The highest BCUT2D eigenvalue weighted by molar-refractivity contribution is 5.69. The van der Waals surface area contributed by atoms with Gasteiger partial charge in [-0.1, -0.05) is 0 Å². The van der Waals surface area contributed by atoms with Crippen LogP contribution in [0, 0.1) is 4.91 Å². The van der Waals surface area contributed by atoms with E-state index in [4.69, 9.17) is 4.74 Å². The van der Waals surface area contributed by atoms with Crippen LogP contribution in [0.5, 0.6) is 0 Å². The Kier molecular flexibility index (Phi) is 4.37. The van der Waals surface area contributed by atoms with Gasteiger partial charge in [0.1, 0.15) is 11.3 Å². The van der Waals surface area contributed by atoms with Crippen molar-refractivity contribution in [2.75, 3.05) is 6.54 Å². The summed E-state index contributed by atoms with van der Waals surface area (Å²) in [7, 11) is 0. The number of hydrogen-bond acceptors (Lipinski definition) is 4. The van der Waals surface area contributed by atoms with Gasteiger partial charge in [-0.05, 0) is 55.6 Å². The van der Waals surface area contributed by atoms with Crippen molar-refractivity contribution in [2.24, 2.45) is 5.18 Å². The summed E-state index contributed by atoms with van der Waals surface area (Å²) in [5.74, 6) is 0. The Bertz CT molecular complexity index is 636. The van der Waals surface area contributed by atoms with Gasteiger partial charge < -0.3 is 9.64 Å². The summed E-state index contributed by atoms with van der Waals surface area (Å²) in [4.78, 5) is 24.2. The van der Waals surface area contributed by atoms with Crippen molar-refractivity contribution in [3.63, 3.8) is 0 Å². The summed E-state index contributed by atoms with van der Waals surface area (Å²) < 4.78 is 43.9. The first-order chi connectivity index (χ1) is 10.5. The SMILES string of the molecule is CC(C)(C)OC(=O)N1CCc2c(cc(C(F)(F)F)cc2N=O)C1. The summed E-state index contributed by atoms with van der Waals surface area (Å²) in [5, 5.41) is 2.70. The number of nitroso groups, excluding NO2 is 1. The molecule has 1 amide bonds. The Morgan fingerprint density at radius 3 is 2.43 bits per heavy atom. The quantitative estimate of drug-likeness (QED) is 0.717. The highest BCUT2D eigenvalue weighted by Gasteiger charge is 2.34. The van der Waals surface area contributed by atoms with Crippen LogP contribution in [0.4, 0.5) is 23.7 Å². The van der Waals surface area contributed by atoms with Crippen molar-refractivity contribution >= 4 is 11.8 Å². The van der Waals surface area contributed by atoms with Crippen molar-refractivity contribution < 1.29 is 22.7 Å². The molecule has 1 aliphatic rings. The van der Waals surface area contributed by atoms with E-state index in [1.54, 1.807) is 20.8 Å². The average molecular weight is 330 g/mol. The van der Waals surface area contributed by atoms with Crippen LogP contribution in [-0.4, -0.2) is 23.1 Å². The van der Waals surface area contributed by atoms with Gasteiger partial charge in [0.25, 0.3) is 0 Å². The molecule has 126 valence electrons. The van der Waals surface area contributed by atoms with Crippen molar-refractivity contribution in [1.29, 1.82) is 0 Å². The van der Waals surface area contributed by atoms with E-state index >= 15 is 0 Å². The molecular weight excluding hydrogens is 313 g/mol. The molecule has 0 aliphatic carbocycles. The number of carbonyl (C=O) groups excluding carboxylic acids is 1. The van der Waals surface area contributed by atoms with E-state index in [1.165, 1.54) is 4.90 Å². The Morgan fingerprint density at radius 1 is 1.26 bits per heavy atom. The second-order valence-corrected chi connectivity index (χ2v) is 6.37. The molecule has 0 aromatic heterocycles. The number of rotatable bonds is 1. The zero-order chi connectivity index (χ0) is 17.4. The molecule has 0 saturated carbocycles. The summed E-state index contributed by atoms with van der Waals surface area (Å²) in [5.41, 5.74) is -1.14. The summed E-state index contributed by atoms with van der Waals surface area (Å²) in [6.07, 6.45) is -4.92. The molecule has 0 radical (unpaired) electrons. The first-order valence-corrected chi connectivity index (χ1v) is 7.05. The Morgan fingerprint density at radius 2 is 1.91 bits per heavy atom. The molecule has 23 heavy (non-hydrogen) atoms. The third kappa shape index (κ3) is 4.00. The topological polar surface area (TPSA) is 59.0 Å². The monoisotopic (exact) mass is 330 g/mol. The van der Waals surface area contributed by atoms with E-state index in [-0.39, 0.29) is 30.8 Å². The third-order valence-electron chi connectivity index (χ3n) is 3.39. The first kappa shape index (κ1) is 17.2. The van der Waals surface area contributed by atoms with Gasteiger partial charge in [0.15, 0.2) is 0 Å². The number of hydrogen-bond donors (Lipinski definition) is 0. The lowest BCUT2D eigenvalue weighted by molar-refractivity contribution is -0.137. The van der Waals surface area contributed by atoms with Gasteiger partial charge >= 0.3 is 12.3 Å². The molecule has 1 aromatic carbocycles. The zero-order valence-corrected chi connectivity index (χ0v) is 13.0. The second kappa shape index (κ2) is 5.82. The molecule has 1 heterocycles. The van der Waals surface area contributed by atoms with Crippen LogP contribution in [0.1, 0.15) is 37.5 Å². The fourth-order valence-electron chi connectivity index (χ4n) is 2.40. The number of amides is 1. The summed E-state index contributed by atoms with van der Waals surface area (Å²) in [6, 6.07) is 1.70. The molecule has 0 unspecified atom stereocenters. The van der Waals surface area contributed by atoms with Crippen molar-refractivity contribution in [3.8, 4) is 0 Å². The molecule has 2 rings (SSSR count). The standard InChI is InChI=1S/C15H17F3N2O3/c1-14(2,3)23-13(21)20-5-4-11-9(8-20)6-10(15(16,17)18)7-12(11)19-22/h6-7H,4-5,8H2,1-3H3. The molecule has 1 aromatic rings. The van der Waals surface area contributed by atoms with Crippen LogP contribution in [0.3, 0.4) is 0 Å². The maximum atomic E-state index is 12.9. The highest BCUT2D eigenvalue weighted by atomic mass is 19.4. The lowest BCUT2D eigenvalue weighted by Gasteiger charge is -2.31. The van der Waals surface area contributed by atoms with Crippen LogP contribution in [-0.2, 0) is 23.9 Å².